The Bertz CT molecular complexity index is 1060. The number of hydrazine groups is 1. The van der Waals surface area contributed by atoms with Crippen molar-refractivity contribution in [1.29, 1.82) is 0 Å². The number of aromatic nitrogens is 2. The van der Waals surface area contributed by atoms with Gasteiger partial charge in [0.2, 0.25) is 0 Å². The Hall–Kier alpha value is -3.21. The molecule has 1 aliphatic rings. The molecule has 0 aliphatic carbocycles. The van der Waals surface area contributed by atoms with Crippen molar-refractivity contribution < 1.29 is 31.1 Å². The third-order valence-corrected chi connectivity index (χ3v) is 4.28. The van der Waals surface area contributed by atoms with E-state index < -0.39 is 29.6 Å². The molecule has 0 saturated heterocycles. The molecule has 11 heteroatoms. The van der Waals surface area contributed by atoms with Crippen LogP contribution in [0.3, 0.4) is 0 Å². The van der Waals surface area contributed by atoms with Gasteiger partial charge in [-0.1, -0.05) is 12.1 Å². The monoisotopic (exact) mass is 414 g/mol. The van der Waals surface area contributed by atoms with E-state index in [-0.39, 0.29) is 30.2 Å². The molecule has 152 valence electrons. The molecule has 2 N–H and O–H groups in total. The molecule has 1 aliphatic heterocycles. The Kier molecular flexibility index (Phi) is 4.61. The molecule has 0 spiro atoms. The SMILES string of the molecule is Fc1cccc(-c2nc3c([nH]2)CN(c2cccc(F)c2OC(F)(F)F)NC3)c1F. The quantitative estimate of drug-likeness (QED) is 0.624. The molecule has 0 bridgehead atoms. The number of H-pyrrole nitrogens is 1. The summed E-state index contributed by atoms with van der Waals surface area (Å²) in [5, 5.41) is 1.25. The number of fused-ring (bicyclic) bond motifs is 1. The summed E-state index contributed by atoms with van der Waals surface area (Å²) in [6.07, 6.45) is -5.08. The zero-order valence-corrected chi connectivity index (χ0v) is 14.4. The van der Waals surface area contributed by atoms with Crippen molar-refractivity contribution >= 4 is 5.69 Å². The van der Waals surface area contributed by atoms with Crippen LogP contribution in [-0.2, 0) is 13.1 Å². The summed E-state index contributed by atoms with van der Waals surface area (Å²) < 4.78 is 83.3. The summed E-state index contributed by atoms with van der Waals surface area (Å²) in [6.45, 7) is 0.0156. The molecule has 4 rings (SSSR count). The van der Waals surface area contributed by atoms with Crippen LogP contribution < -0.4 is 15.2 Å². The number of ether oxygens (including phenoxy) is 1. The molecular formula is C18H12F6N4O. The fraction of sp³-hybridized carbons (Fsp3) is 0.167. The van der Waals surface area contributed by atoms with Gasteiger partial charge in [0.25, 0.3) is 0 Å². The molecule has 0 radical (unpaired) electrons. The lowest BCUT2D eigenvalue weighted by Crippen LogP contribution is -2.41. The molecule has 5 nitrogen and oxygen atoms in total. The van der Waals surface area contributed by atoms with E-state index in [0.717, 1.165) is 12.1 Å². The minimum atomic E-state index is -5.08. The molecular weight excluding hydrogens is 402 g/mol. The van der Waals surface area contributed by atoms with Gasteiger partial charge in [-0.15, -0.1) is 13.2 Å². The summed E-state index contributed by atoms with van der Waals surface area (Å²) in [5.41, 5.74) is 3.46. The smallest absolute Gasteiger partial charge is 0.400 e. The highest BCUT2D eigenvalue weighted by molar-refractivity contribution is 5.61. The highest BCUT2D eigenvalue weighted by Gasteiger charge is 2.35. The van der Waals surface area contributed by atoms with E-state index in [2.05, 4.69) is 20.1 Å². The van der Waals surface area contributed by atoms with Gasteiger partial charge in [-0.05, 0) is 24.3 Å². The van der Waals surface area contributed by atoms with E-state index in [1.807, 2.05) is 0 Å². The predicted octanol–water partition coefficient (Wildman–Crippen LogP) is 4.42. The number of hydrogen-bond acceptors (Lipinski definition) is 4. The maximum atomic E-state index is 14.0. The highest BCUT2D eigenvalue weighted by atomic mass is 19.4. The standard InChI is InChI=1S/C18H12F6N4O/c19-10-4-1-3-9(15(10)21)17-26-12-7-25-28(8-13(12)27-17)14-6-2-5-11(20)16(14)29-18(22,23)24/h1-6,25H,7-8H2,(H,26,27). The second-order valence-electron chi connectivity index (χ2n) is 6.17. The number of aromatic amines is 1. The number of anilines is 1. The topological polar surface area (TPSA) is 53.2 Å². The lowest BCUT2D eigenvalue weighted by Gasteiger charge is -2.30. The number of nitrogens with zero attached hydrogens (tertiary/aromatic N) is 2. The second kappa shape index (κ2) is 6.99. The van der Waals surface area contributed by atoms with Gasteiger partial charge in [-0.3, -0.25) is 5.01 Å². The van der Waals surface area contributed by atoms with Crippen molar-refractivity contribution in [3.63, 3.8) is 0 Å². The summed E-state index contributed by atoms with van der Waals surface area (Å²) >= 11 is 0. The number of benzene rings is 2. The van der Waals surface area contributed by atoms with Crippen LogP contribution in [0.25, 0.3) is 11.4 Å². The first kappa shape index (κ1) is 19.1. The first-order chi connectivity index (χ1) is 13.7. The van der Waals surface area contributed by atoms with E-state index in [1.54, 1.807) is 0 Å². The van der Waals surface area contributed by atoms with Crippen LogP contribution in [0.5, 0.6) is 5.75 Å². The lowest BCUT2D eigenvalue weighted by molar-refractivity contribution is -0.275. The van der Waals surface area contributed by atoms with Crippen molar-refractivity contribution in [3.8, 4) is 17.1 Å². The van der Waals surface area contributed by atoms with Gasteiger partial charge in [-0.2, -0.15) is 0 Å². The fourth-order valence-corrected chi connectivity index (χ4v) is 3.02. The van der Waals surface area contributed by atoms with Crippen LogP contribution in [-0.4, -0.2) is 16.3 Å². The number of halogens is 6. The molecule has 0 fully saturated rings. The predicted molar refractivity (Wildman–Crippen MR) is 90.0 cm³/mol. The largest absolute Gasteiger partial charge is 0.573 e. The molecule has 2 heterocycles. The average Bonchev–Trinajstić information content (AvgIpc) is 3.07. The van der Waals surface area contributed by atoms with Gasteiger partial charge in [0.15, 0.2) is 23.2 Å². The van der Waals surface area contributed by atoms with Gasteiger partial charge in [0.05, 0.1) is 35.7 Å². The Labute approximate surface area is 159 Å². The number of nitrogens with one attached hydrogen (secondary N) is 2. The van der Waals surface area contributed by atoms with Gasteiger partial charge in [0.1, 0.15) is 5.82 Å². The van der Waals surface area contributed by atoms with Crippen molar-refractivity contribution in [2.24, 2.45) is 0 Å². The highest BCUT2D eigenvalue weighted by Crippen LogP contribution is 2.36. The summed E-state index contributed by atoms with van der Waals surface area (Å²) in [4.78, 5) is 7.06. The molecule has 0 saturated carbocycles. The minimum absolute atomic E-state index is 0.0447. The van der Waals surface area contributed by atoms with Crippen LogP contribution in [0.2, 0.25) is 0 Å². The molecule has 29 heavy (non-hydrogen) atoms. The Morgan fingerprint density at radius 3 is 2.48 bits per heavy atom. The zero-order chi connectivity index (χ0) is 20.8. The van der Waals surface area contributed by atoms with Crippen LogP contribution >= 0.6 is 0 Å². The third kappa shape index (κ3) is 3.73. The summed E-state index contributed by atoms with van der Waals surface area (Å²) in [5.74, 6) is -4.20. The molecule has 1 aromatic heterocycles. The molecule has 0 atom stereocenters. The molecule has 0 unspecified atom stereocenters. The van der Waals surface area contributed by atoms with E-state index >= 15 is 0 Å². The fourth-order valence-electron chi connectivity index (χ4n) is 3.02. The van der Waals surface area contributed by atoms with Crippen LogP contribution in [0.15, 0.2) is 36.4 Å². The Morgan fingerprint density at radius 1 is 1.00 bits per heavy atom. The maximum absolute atomic E-state index is 14.0. The van der Waals surface area contributed by atoms with E-state index in [4.69, 9.17) is 0 Å². The van der Waals surface area contributed by atoms with Crippen molar-refractivity contribution in [3.05, 3.63) is 65.2 Å². The van der Waals surface area contributed by atoms with Crippen molar-refractivity contribution in [1.82, 2.24) is 15.4 Å². The lowest BCUT2D eigenvalue weighted by atomic mass is 10.2. The maximum Gasteiger partial charge on any atom is 0.573 e. The average molecular weight is 414 g/mol. The van der Waals surface area contributed by atoms with Crippen LogP contribution in [0, 0.1) is 17.5 Å². The Balaban J connectivity index is 1.66. The third-order valence-electron chi connectivity index (χ3n) is 4.28. The van der Waals surface area contributed by atoms with Gasteiger partial charge in [-0.25, -0.2) is 23.6 Å². The molecule has 0 amide bonds. The van der Waals surface area contributed by atoms with Crippen LogP contribution in [0.1, 0.15) is 11.4 Å². The Morgan fingerprint density at radius 2 is 1.72 bits per heavy atom. The second-order valence-corrected chi connectivity index (χ2v) is 6.17. The minimum Gasteiger partial charge on any atom is -0.400 e. The summed E-state index contributed by atoms with van der Waals surface area (Å²) in [7, 11) is 0. The number of imidazole rings is 1. The van der Waals surface area contributed by atoms with Gasteiger partial charge in [0, 0.05) is 0 Å². The zero-order valence-electron chi connectivity index (χ0n) is 14.4. The number of para-hydroxylation sites is 1. The molecule has 2 aromatic carbocycles. The van der Waals surface area contributed by atoms with Crippen molar-refractivity contribution in [2.45, 2.75) is 19.5 Å². The normalized spacial score (nSPS) is 14.1. The van der Waals surface area contributed by atoms with E-state index in [1.165, 1.54) is 29.3 Å². The first-order valence-electron chi connectivity index (χ1n) is 8.30. The number of hydrogen-bond donors (Lipinski definition) is 2. The number of alkyl halides is 3. The molecule has 3 aromatic rings. The first-order valence-corrected chi connectivity index (χ1v) is 8.30. The van der Waals surface area contributed by atoms with Crippen molar-refractivity contribution in [2.75, 3.05) is 5.01 Å². The summed E-state index contributed by atoms with van der Waals surface area (Å²) in [6, 6.07) is 6.98. The van der Waals surface area contributed by atoms with E-state index in [0.29, 0.717) is 11.4 Å². The van der Waals surface area contributed by atoms with Crippen LogP contribution in [0.4, 0.5) is 32.0 Å². The van der Waals surface area contributed by atoms with Gasteiger partial charge < -0.3 is 9.72 Å². The van der Waals surface area contributed by atoms with Gasteiger partial charge >= 0.3 is 6.36 Å². The van der Waals surface area contributed by atoms with E-state index in [9.17, 15) is 26.3 Å². The number of rotatable bonds is 3.